The number of nitrogens with zero attached hydrogens (tertiary/aromatic N) is 1. The molecule has 118 valence electrons. The van der Waals surface area contributed by atoms with Gasteiger partial charge in [0.25, 0.3) is 0 Å². The molecule has 2 aromatic rings. The van der Waals surface area contributed by atoms with Crippen LogP contribution in [0.1, 0.15) is 29.8 Å². The van der Waals surface area contributed by atoms with Crippen LogP contribution in [0, 0.1) is 18.3 Å². The Labute approximate surface area is 137 Å². The van der Waals surface area contributed by atoms with Gasteiger partial charge in [0.2, 0.25) is 6.41 Å². The summed E-state index contributed by atoms with van der Waals surface area (Å²) < 4.78 is 0. The van der Waals surface area contributed by atoms with E-state index in [2.05, 4.69) is 16.7 Å². The second-order valence-electron chi connectivity index (χ2n) is 5.88. The van der Waals surface area contributed by atoms with Crippen LogP contribution in [-0.2, 0) is 11.2 Å². The summed E-state index contributed by atoms with van der Waals surface area (Å²) in [6.07, 6.45) is 0.783. The van der Waals surface area contributed by atoms with E-state index in [-0.39, 0.29) is 0 Å². The Balaban J connectivity index is 2.19. The van der Waals surface area contributed by atoms with Crippen molar-refractivity contribution in [3.05, 3.63) is 71.3 Å². The molecule has 0 aliphatic carbocycles. The average Bonchev–Trinajstić information content (AvgIpc) is 2.57. The summed E-state index contributed by atoms with van der Waals surface area (Å²) in [6, 6.07) is 20.0. The van der Waals surface area contributed by atoms with Crippen LogP contribution in [0.25, 0.3) is 0 Å². The lowest BCUT2D eigenvalue weighted by Gasteiger charge is -2.29. The highest BCUT2D eigenvalue weighted by atomic mass is 16.1. The molecular formula is C19H21N3O. The smallest absolute Gasteiger partial charge is 0.208 e. The van der Waals surface area contributed by atoms with Crippen LogP contribution in [0.15, 0.2) is 54.6 Å². The van der Waals surface area contributed by atoms with Crippen molar-refractivity contribution in [3.63, 3.8) is 0 Å². The number of carbonyl (C=O) groups is 1. The van der Waals surface area contributed by atoms with E-state index in [0.29, 0.717) is 12.8 Å². The molecule has 0 aliphatic rings. The fraction of sp³-hybridized carbons (Fsp3) is 0.263. The highest BCUT2D eigenvalue weighted by Gasteiger charge is 2.28. The zero-order chi connectivity index (χ0) is 16.7. The Morgan fingerprint density at radius 1 is 1.17 bits per heavy atom. The van der Waals surface area contributed by atoms with E-state index < -0.39 is 11.7 Å². The highest BCUT2D eigenvalue weighted by Crippen LogP contribution is 2.18. The first-order chi connectivity index (χ1) is 11.1. The maximum Gasteiger partial charge on any atom is 0.208 e. The van der Waals surface area contributed by atoms with E-state index in [4.69, 9.17) is 0 Å². The van der Waals surface area contributed by atoms with Crippen molar-refractivity contribution in [1.82, 2.24) is 10.6 Å². The Hall–Kier alpha value is -2.64. The number of rotatable bonds is 7. The lowest BCUT2D eigenvalue weighted by molar-refractivity contribution is -0.110. The van der Waals surface area contributed by atoms with Crippen molar-refractivity contribution < 1.29 is 4.79 Å². The summed E-state index contributed by atoms with van der Waals surface area (Å²) in [5.41, 5.74) is 2.37. The number of nitrogens with one attached hydrogen (secondary N) is 2. The van der Waals surface area contributed by atoms with Crippen molar-refractivity contribution in [2.24, 2.45) is 0 Å². The van der Waals surface area contributed by atoms with E-state index in [1.54, 1.807) is 0 Å². The molecule has 0 bridgehead atoms. The van der Waals surface area contributed by atoms with Gasteiger partial charge in [0.05, 0.1) is 6.07 Å². The second kappa shape index (κ2) is 7.57. The molecule has 0 aromatic heterocycles. The fourth-order valence-corrected chi connectivity index (χ4v) is 2.49. The van der Waals surface area contributed by atoms with Crippen LogP contribution in [0.4, 0.5) is 0 Å². The SMILES string of the molecule is Cc1ccc(C[C@@](C)(C#N)N[C@@H](NC=O)c2ccccc2)cc1. The summed E-state index contributed by atoms with van der Waals surface area (Å²) in [5.74, 6) is 0. The van der Waals surface area contributed by atoms with E-state index in [9.17, 15) is 10.1 Å². The molecule has 2 aromatic carbocycles. The minimum absolute atomic E-state index is 0.413. The van der Waals surface area contributed by atoms with Gasteiger partial charge in [-0.2, -0.15) is 5.26 Å². The van der Waals surface area contributed by atoms with Crippen LogP contribution in [0.5, 0.6) is 0 Å². The molecule has 2 atom stereocenters. The van der Waals surface area contributed by atoms with Gasteiger partial charge in [0, 0.05) is 6.42 Å². The van der Waals surface area contributed by atoms with Gasteiger partial charge in [-0.15, -0.1) is 0 Å². The fourth-order valence-electron chi connectivity index (χ4n) is 2.49. The zero-order valence-corrected chi connectivity index (χ0v) is 13.4. The first-order valence-corrected chi connectivity index (χ1v) is 7.55. The molecule has 0 saturated heterocycles. The minimum Gasteiger partial charge on any atom is -0.339 e. The van der Waals surface area contributed by atoms with Crippen LogP contribution in [-0.4, -0.2) is 11.9 Å². The molecule has 0 saturated carbocycles. The molecule has 2 rings (SSSR count). The number of hydrogen-bond donors (Lipinski definition) is 2. The third-order valence-corrected chi connectivity index (χ3v) is 3.76. The summed E-state index contributed by atoms with van der Waals surface area (Å²) in [4.78, 5) is 10.9. The summed E-state index contributed by atoms with van der Waals surface area (Å²) in [7, 11) is 0. The number of amides is 1. The van der Waals surface area contributed by atoms with Gasteiger partial charge >= 0.3 is 0 Å². The van der Waals surface area contributed by atoms with Gasteiger partial charge in [-0.05, 0) is 25.0 Å². The summed E-state index contributed by atoms with van der Waals surface area (Å²) >= 11 is 0. The lowest BCUT2D eigenvalue weighted by Crippen LogP contribution is -2.49. The molecule has 0 unspecified atom stereocenters. The molecule has 0 fully saturated rings. The number of benzene rings is 2. The molecule has 1 amide bonds. The predicted molar refractivity (Wildman–Crippen MR) is 90.4 cm³/mol. The molecule has 0 spiro atoms. The highest BCUT2D eigenvalue weighted by molar-refractivity contribution is 5.47. The van der Waals surface area contributed by atoms with Gasteiger partial charge in [0.1, 0.15) is 11.7 Å². The van der Waals surface area contributed by atoms with Crippen molar-refractivity contribution in [1.29, 1.82) is 5.26 Å². The quantitative estimate of drug-likeness (QED) is 0.610. The van der Waals surface area contributed by atoms with Crippen molar-refractivity contribution in [2.45, 2.75) is 32.0 Å². The third kappa shape index (κ3) is 4.67. The van der Waals surface area contributed by atoms with Crippen LogP contribution in [0.2, 0.25) is 0 Å². The Bertz CT molecular complexity index is 676. The lowest BCUT2D eigenvalue weighted by atomic mass is 9.93. The maximum absolute atomic E-state index is 10.9. The van der Waals surface area contributed by atoms with E-state index in [1.165, 1.54) is 5.56 Å². The average molecular weight is 307 g/mol. The van der Waals surface area contributed by atoms with E-state index >= 15 is 0 Å². The molecule has 0 aliphatic heterocycles. The van der Waals surface area contributed by atoms with Crippen molar-refractivity contribution in [3.8, 4) is 6.07 Å². The minimum atomic E-state index is -0.800. The topological polar surface area (TPSA) is 64.9 Å². The van der Waals surface area contributed by atoms with E-state index in [1.807, 2.05) is 68.4 Å². The maximum atomic E-state index is 10.9. The number of aryl methyl sites for hydroxylation is 1. The molecule has 23 heavy (non-hydrogen) atoms. The van der Waals surface area contributed by atoms with E-state index in [0.717, 1.165) is 11.1 Å². The monoisotopic (exact) mass is 307 g/mol. The molecule has 2 N–H and O–H groups in total. The second-order valence-corrected chi connectivity index (χ2v) is 5.88. The van der Waals surface area contributed by atoms with Gasteiger partial charge in [-0.1, -0.05) is 60.2 Å². The number of hydrogen-bond acceptors (Lipinski definition) is 3. The van der Waals surface area contributed by atoms with Crippen LogP contribution in [0.3, 0.4) is 0 Å². The zero-order valence-electron chi connectivity index (χ0n) is 13.4. The van der Waals surface area contributed by atoms with Crippen LogP contribution >= 0.6 is 0 Å². The Kier molecular flexibility index (Phi) is 5.51. The van der Waals surface area contributed by atoms with Crippen molar-refractivity contribution >= 4 is 6.41 Å². The molecular weight excluding hydrogens is 286 g/mol. The molecule has 0 heterocycles. The normalized spacial score (nSPS) is 14.3. The largest absolute Gasteiger partial charge is 0.339 e. The third-order valence-electron chi connectivity index (χ3n) is 3.76. The molecule has 4 nitrogen and oxygen atoms in total. The van der Waals surface area contributed by atoms with Gasteiger partial charge in [-0.25, -0.2) is 0 Å². The molecule has 0 radical (unpaired) electrons. The van der Waals surface area contributed by atoms with Crippen molar-refractivity contribution in [2.75, 3.05) is 0 Å². The summed E-state index contributed by atoms with van der Waals surface area (Å²) in [6.45, 7) is 3.88. The first-order valence-electron chi connectivity index (χ1n) is 7.55. The van der Waals surface area contributed by atoms with Gasteiger partial charge in [0.15, 0.2) is 0 Å². The Morgan fingerprint density at radius 2 is 1.83 bits per heavy atom. The Morgan fingerprint density at radius 3 is 2.39 bits per heavy atom. The first kappa shape index (κ1) is 16.7. The predicted octanol–water partition coefficient (Wildman–Crippen LogP) is 2.85. The van der Waals surface area contributed by atoms with Gasteiger partial charge in [-0.3, -0.25) is 10.1 Å². The standard InChI is InChI=1S/C19H21N3O/c1-15-8-10-16(11-9-15)12-19(2,13-20)22-18(21-14-23)17-6-4-3-5-7-17/h3-11,14,18,22H,12H2,1-2H3,(H,21,23)/t18-,19+/m1/s1. The summed E-state index contributed by atoms with van der Waals surface area (Å²) in [5, 5.41) is 15.6. The molecule has 4 heteroatoms. The number of carbonyl (C=O) groups excluding carboxylic acids is 1. The number of nitriles is 1. The van der Waals surface area contributed by atoms with Gasteiger partial charge < -0.3 is 5.32 Å². The van der Waals surface area contributed by atoms with Crippen LogP contribution < -0.4 is 10.6 Å².